The average molecular weight is 299 g/mol. The first kappa shape index (κ1) is 13.8. The molecule has 0 spiro atoms. The molecule has 21 heavy (non-hydrogen) atoms. The Hall–Kier alpha value is -2.14. The number of imidazole rings is 1. The molecule has 2 aromatic carbocycles. The lowest BCUT2D eigenvalue weighted by Crippen LogP contribution is -2.09. The molecule has 0 aliphatic heterocycles. The lowest BCUT2D eigenvalue weighted by molar-refractivity contribution is 0.413. The van der Waals surface area contributed by atoms with Gasteiger partial charge < -0.3 is 14.6 Å². The van der Waals surface area contributed by atoms with Crippen LogP contribution >= 0.6 is 11.8 Å². The summed E-state index contributed by atoms with van der Waals surface area (Å²) in [6, 6.07) is 14.1. The average Bonchev–Trinajstić information content (AvgIpc) is 2.89. The van der Waals surface area contributed by atoms with Crippen molar-refractivity contribution in [2.24, 2.45) is 0 Å². The van der Waals surface area contributed by atoms with Gasteiger partial charge in [0, 0.05) is 19.0 Å². The van der Waals surface area contributed by atoms with Gasteiger partial charge in [-0.2, -0.15) is 0 Å². The normalized spacial score (nSPS) is 10.8. The van der Waals surface area contributed by atoms with Crippen LogP contribution in [0, 0.1) is 0 Å². The maximum atomic E-state index is 5.32. The lowest BCUT2D eigenvalue weighted by atomic mass is 10.3. The number of anilines is 1. The highest BCUT2D eigenvalue weighted by atomic mass is 32.2. The fourth-order valence-electron chi connectivity index (χ4n) is 2.15. The van der Waals surface area contributed by atoms with Crippen LogP contribution in [0.5, 0.6) is 5.75 Å². The molecule has 1 heterocycles. The van der Waals surface area contributed by atoms with Gasteiger partial charge in [0.05, 0.1) is 23.8 Å². The molecule has 1 aromatic heterocycles. The van der Waals surface area contributed by atoms with E-state index in [0.717, 1.165) is 32.5 Å². The Morgan fingerprint density at radius 2 is 1.95 bits per heavy atom. The van der Waals surface area contributed by atoms with Crippen molar-refractivity contribution in [3.05, 3.63) is 42.5 Å². The first-order valence-electron chi connectivity index (χ1n) is 6.65. The molecule has 108 valence electrons. The van der Waals surface area contributed by atoms with Crippen LogP contribution in [0.15, 0.2) is 52.5 Å². The quantitative estimate of drug-likeness (QED) is 0.796. The van der Waals surface area contributed by atoms with Crippen molar-refractivity contribution in [2.75, 3.05) is 26.1 Å². The van der Waals surface area contributed by atoms with Crippen molar-refractivity contribution in [1.29, 1.82) is 0 Å². The van der Waals surface area contributed by atoms with Crippen molar-refractivity contribution in [2.45, 2.75) is 10.1 Å². The predicted octanol–water partition coefficient (Wildman–Crippen LogP) is 3.79. The standard InChI is InChI=1S/C16H17N3OS/c1-19(2)14-9-8-11(20-3)10-15(14)21-16-17-12-6-4-5-7-13(12)18-16/h4-10H,1-3H3,(H,17,18). The van der Waals surface area contributed by atoms with Crippen molar-refractivity contribution >= 4 is 28.5 Å². The molecule has 0 radical (unpaired) electrons. The summed E-state index contributed by atoms with van der Waals surface area (Å²) >= 11 is 1.61. The Bertz CT molecular complexity index is 734. The number of fused-ring (bicyclic) bond motifs is 1. The topological polar surface area (TPSA) is 41.1 Å². The summed E-state index contributed by atoms with van der Waals surface area (Å²) in [7, 11) is 5.75. The van der Waals surface area contributed by atoms with Crippen molar-refractivity contribution in [1.82, 2.24) is 9.97 Å². The van der Waals surface area contributed by atoms with Crippen LogP contribution in [0.4, 0.5) is 5.69 Å². The zero-order valence-electron chi connectivity index (χ0n) is 12.3. The number of methoxy groups -OCH3 is 1. The summed E-state index contributed by atoms with van der Waals surface area (Å²) < 4.78 is 5.32. The third-order valence-corrected chi connectivity index (χ3v) is 4.16. The number of nitrogens with one attached hydrogen (secondary N) is 1. The number of hydrogen-bond donors (Lipinski definition) is 1. The zero-order chi connectivity index (χ0) is 14.8. The Morgan fingerprint density at radius 1 is 1.14 bits per heavy atom. The van der Waals surface area contributed by atoms with E-state index in [-0.39, 0.29) is 0 Å². The molecule has 4 nitrogen and oxygen atoms in total. The van der Waals surface area contributed by atoms with Gasteiger partial charge in [-0.15, -0.1) is 0 Å². The fraction of sp³-hybridized carbons (Fsp3) is 0.188. The Labute approximate surface area is 128 Å². The molecule has 5 heteroatoms. The molecular formula is C16H17N3OS. The van der Waals surface area contributed by atoms with Crippen LogP contribution in [0.3, 0.4) is 0 Å². The van der Waals surface area contributed by atoms with E-state index in [0.29, 0.717) is 0 Å². The van der Waals surface area contributed by atoms with Crippen molar-refractivity contribution in [3.8, 4) is 5.75 Å². The van der Waals surface area contributed by atoms with Gasteiger partial charge in [-0.05, 0) is 42.1 Å². The second kappa shape index (κ2) is 5.69. The number of aromatic amines is 1. The SMILES string of the molecule is COc1ccc(N(C)C)c(Sc2nc3ccccc3[nH]2)c1. The van der Waals surface area contributed by atoms with E-state index in [4.69, 9.17) is 4.74 Å². The van der Waals surface area contributed by atoms with Gasteiger partial charge >= 0.3 is 0 Å². The van der Waals surface area contributed by atoms with E-state index in [9.17, 15) is 0 Å². The lowest BCUT2D eigenvalue weighted by Gasteiger charge is -2.17. The maximum absolute atomic E-state index is 5.32. The number of nitrogens with zero attached hydrogens (tertiary/aromatic N) is 2. The van der Waals surface area contributed by atoms with Crippen LogP contribution in [0.25, 0.3) is 11.0 Å². The number of aromatic nitrogens is 2. The van der Waals surface area contributed by atoms with Crippen LogP contribution in [0.2, 0.25) is 0 Å². The van der Waals surface area contributed by atoms with E-state index in [2.05, 4.69) is 20.9 Å². The number of benzene rings is 2. The van der Waals surface area contributed by atoms with Crippen LogP contribution in [0.1, 0.15) is 0 Å². The van der Waals surface area contributed by atoms with E-state index < -0.39 is 0 Å². The minimum Gasteiger partial charge on any atom is -0.497 e. The summed E-state index contributed by atoms with van der Waals surface area (Å²) in [6.07, 6.45) is 0. The van der Waals surface area contributed by atoms with Gasteiger partial charge in [0.1, 0.15) is 5.75 Å². The molecule has 0 atom stereocenters. The van der Waals surface area contributed by atoms with Gasteiger partial charge in [0.2, 0.25) is 0 Å². The molecule has 0 unspecified atom stereocenters. The molecule has 0 bridgehead atoms. The van der Waals surface area contributed by atoms with Crippen LogP contribution in [-0.2, 0) is 0 Å². The zero-order valence-corrected chi connectivity index (χ0v) is 13.1. The number of hydrogen-bond acceptors (Lipinski definition) is 4. The largest absolute Gasteiger partial charge is 0.497 e. The Balaban J connectivity index is 1.99. The molecular weight excluding hydrogens is 282 g/mol. The number of para-hydroxylation sites is 2. The molecule has 3 aromatic rings. The van der Waals surface area contributed by atoms with Crippen LogP contribution in [-0.4, -0.2) is 31.2 Å². The fourth-order valence-corrected chi connectivity index (χ4v) is 3.20. The van der Waals surface area contributed by atoms with Crippen molar-refractivity contribution in [3.63, 3.8) is 0 Å². The van der Waals surface area contributed by atoms with Crippen LogP contribution < -0.4 is 9.64 Å². The molecule has 3 rings (SSSR count). The maximum Gasteiger partial charge on any atom is 0.171 e. The monoisotopic (exact) mass is 299 g/mol. The molecule has 0 amide bonds. The Morgan fingerprint density at radius 3 is 2.67 bits per heavy atom. The molecule has 1 N–H and O–H groups in total. The molecule has 0 aliphatic carbocycles. The van der Waals surface area contributed by atoms with Gasteiger partial charge in [-0.1, -0.05) is 12.1 Å². The van der Waals surface area contributed by atoms with E-state index >= 15 is 0 Å². The third kappa shape index (κ3) is 2.83. The molecule has 0 fully saturated rings. The smallest absolute Gasteiger partial charge is 0.171 e. The first-order chi connectivity index (χ1) is 10.2. The number of rotatable bonds is 4. The minimum absolute atomic E-state index is 0.846. The first-order valence-corrected chi connectivity index (χ1v) is 7.47. The second-order valence-electron chi connectivity index (χ2n) is 4.89. The van der Waals surface area contributed by atoms with Crippen molar-refractivity contribution < 1.29 is 4.74 Å². The van der Waals surface area contributed by atoms with Gasteiger partial charge in [0.15, 0.2) is 5.16 Å². The highest BCUT2D eigenvalue weighted by Crippen LogP contribution is 2.36. The van der Waals surface area contributed by atoms with E-state index in [1.807, 2.05) is 50.5 Å². The van der Waals surface area contributed by atoms with E-state index in [1.165, 1.54) is 0 Å². The number of ether oxygens (including phenoxy) is 1. The van der Waals surface area contributed by atoms with Gasteiger partial charge in [0.25, 0.3) is 0 Å². The highest BCUT2D eigenvalue weighted by molar-refractivity contribution is 7.99. The molecule has 0 saturated carbocycles. The predicted molar refractivity (Wildman–Crippen MR) is 87.5 cm³/mol. The second-order valence-corrected chi connectivity index (χ2v) is 5.92. The van der Waals surface area contributed by atoms with Gasteiger partial charge in [-0.3, -0.25) is 0 Å². The number of H-pyrrole nitrogens is 1. The summed E-state index contributed by atoms with van der Waals surface area (Å²) in [5.41, 5.74) is 3.17. The molecule has 0 aliphatic rings. The summed E-state index contributed by atoms with van der Waals surface area (Å²) in [5.74, 6) is 0.846. The minimum atomic E-state index is 0.846. The summed E-state index contributed by atoms with van der Waals surface area (Å²) in [4.78, 5) is 11.1. The third-order valence-electron chi connectivity index (χ3n) is 3.22. The highest BCUT2D eigenvalue weighted by Gasteiger charge is 2.11. The summed E-state index contributed by atoms with van der Waals surface area (Å²) in [6.45, 7) is 0. The van der Waals surface area contributed by atoms with E-state index in [1.54, 1.807) is 18.9 Å². The summed E-state index contributed by atoms with van der Waals surface area (Å²) in [5, 5.41) is 0.882. The Kier molecular flexibility index (Phi) is 3.75. The van der Waals surface area contributed by atoms with Gasteiger partial charge in [-0.25, -0.2) is 4.98 Å². The molecule has 0 saturated heterocycles.